The molecule has 0 saturated carbocycles. The molecule has 1 aromatic rings. The maximum Gasteiger partial charge on any atom is 0.165 e. The summed E-state index contributed by atoms with van der Waals surface area (Å²) in [5, 5.41) is 21.8. The highest BCUT2D eigenvalue weighted by Gasteiger charge is 2.22. The van der Waals surface area contributed by atoms with Gasteiger partial charge in [0, 0.05) is 26.2 Å². The van der Waals surface area contributed by atoms with Crippen LogP contribution in [0.25, 0.3) is 0 Å². The van der Waals surface area contributed by atoms with Crippen molar-refractivity contribution >= 4 is 0 Å². The lowest BCUT2D eigenvalue weighted by Crippen LogP contribution is -2.46. The fourth-order valence-corrected chi connectivity index (χ4v) is 2.16. The SMILES string of the molecule is OC[C@H](c1ccc(O)c(F)c1)N1CCNCC1. The monoisotopic (exact) mass is 240 g/mol. The molecule has 17 heavy (non-hydrogen) atoms. The fourth-order valence-electron chi connectivity index (χ4n) is 2.16. The van der Waals surface area contributed by atoms with E-state index in [4.69, 9.17) is 5.11 Å². The minimum Gasteiger partial charge on any atom is -0.505 e. The average molecular weight is 240 g/mol. The number of aliphatic hydroxyl groups excluding tert-OH is 1. The van der Waals surface area contributed by atoms with E-state index in [1.807, 2.05) is 0 Å². The number of phenols is 1. The van der Waals surface area contributed by atoms with E-state index in [0.717, 1.165) is 26.2 Å². The van der Waals surface area contributed by atoms with E-state index in [2.05, 4.69) is 10.2 Å². The number of rotatable bonds is 3. The van der Waals surface area contributed by atoms with Crippen molar-refractivity contribution in [3.05, 3.63) is 29.6 Å². The molecule has 2 rings (SSSR count). The molecule has 0 amide bonds. The Balaban J connectivity index is 2.18. The molecule has 1 saturated heterocycles. The summed E-state index contributed by atoms with van der Waals surface area (Å²) in [4.78, 5) is 2.11. The molecule has 4 nitrogen and oxygen atoms in total. The minimum absolute atomic E-state index is 0.0514. The van der Waals surface area contributed by atoms with Gasteiger partial charge in [-0.05, 0) is 17.7 Å². The first-order valence-electron chi connectivity index (χ1n) is 5.76. The third-order valence-corrected chi connectivity index (χ3v) is 3.12. The standard InChI is InChI=1S/C12H17FN2O2/c13-10-7-9(1-2-12(10)17)11(8-16)15-5-3-14-4-6-15/h1-2,7,11,14,16-17H,3-6,8H2/t11-/m1/s1. The van der Waals surface area contributed by atoms with E-state index in [1.54, 1.807) is 6.07 Å². The van der Waals surface area contributed by atoms with Gasteiger partial charge in [-0.15, -0.1) is 0 Å². The number of hydrogen-bond acceptors (Lipinski definition) is 4. The predicted octanol–water partition coefficient (Wildman–Crippen LogP) is 0.470. The lowest BCUT2D eigenvalue weighted by molar-refractivity contribution is 0.110. The normalized spacial score (nSPS) is 19.2. The van der Waals surface area contributed by atoms with Crippen LogP contribution in [0.4, 0.5) is 4.39 Å². The van der Waals surface area contributed by atoms with Crippen LogP contribution >= 0.6 is 0 Å². The molecule has 3 N–H and O–H groups in total. The Morgan fingerprint density at radius 1 is 1.35 bits per heavy atom. The van der Waals surface area contributed by atoms with Crippen LogP contribution in [0, 0.1) is 5.82 Å². The van der Waals surface area contributed by atoms with Crippen LogP contribution in [0.15, 0.2) is 18.2 Å². The van der Waals surface area contributed by atoms with Crippen LogP contribution in [0.2, 0.25) is 0 Å². The average Bonchev–Trinajstić information content (AvgIpc) is 2.36. The van der Waals surface area contributed by atoms with Crippen molar-refractivity contribution in [2.75, 3.05) is 32.8 Å². The topological polar surface area (TPSA) is 55.7 Å². The molecule has 0 radical (unpaired) electrons. The lowest BCUT2D eigenvalue weighted by atomic mass is 10.0. The Bertz CT molecular complexity index is 381. The minimum atomic E-state index is -0.643. The van der Waals surface area contributed by atoms with Crippen molar-refractivity contribution < 1.29 is 14.6 Å². The molecule has 94 valence electrons. The first kappa shape index (κ1) is 12.3. The van der Waals surface area contributed by atoms with E-state index < -0.39 is 5.82 Å². The van der Waals surface area contributed by atoms with Crippen molar-refractivity contribution in [1.82, 2.24) is 10.2 Å². The van der Waals surface area contributed by atoms with Crippen LogP contribution in [-0.4, -0.2) is 47.9 Å². The van der Waals surface area contributed by atoms with Crippen LogP contribution < -0.4 is 5.32 Å². The van der Waals surface area contributed by atoms with Crippen LogP contribution in [-0.2, 0) is 0 Å². The molecule has 0 spiro atoms. The molecular formula is C12H17FN2O2. The number of aliphatic hydroxyl groups is 1. The van der Waals surface area contributed by atoms with Gasteiger partial charge in [0.25, 0.3) is 0 Å². The van der Waals surface area contributed by atoms with E-state index in [0.29, 0.717) is 5.56 Å². The Labute approximate surface area is 99.7 Å². The molecule has 0 bridgehead atoms. The van der Waals surface area contributed by atoms with Crippen LogP contribution in [0.5, 0.6) is 5.75 Å². The third-order valence-electron chi connectivity index (χ3n) is 3.12. The second kappa shape index (κ2) is 5.44. The van der Waals surface area contributed by atoms with E-state index in [-0.39, 0.29) is 18.4 Å². The number of phenolic OH excluding ortho intramolecular Hbond substituents is 1. The first-order valence-corrected chi connectivity index (χ1v) is 5.76. The Kier molecular flexibility index (Phi) is 3.93. The number of aromatic hydroxyl groups is 1. The number of hydrogen-bond donors (Lipinski definition) is 3. The summed E-state index contributed by atoms with van der Waals surface area (Å²) in [6.45, 7) is 3.35. The fraction of sp³-hybridized carbons (Fsp3) is 0.500. The third kappa shape index (κ3) is 2.74. The zero-order valence-corrected chi connectivity index (χ0v) is 9.56. The molecule has 5 heteroatoms. The largest absolute Gasteiger partial charge is 0.505 e. The Morgan fingerprint density at radius 2 is 2.06 bits per heavy atom. The molecule has 0 aliphatic carbocycles. The summed E-state index contributed by atoms with van der Waals surface area (Å²) in [5.41, 5.74) is 0.699. The van der Waals surface area contributed by atoms with Gasteiger partial charge in [-0.2, -0.15) is 0 Å². The van der Waals surface area contributed by atoms with Crippen LogP contribution in [0.3, 0.4) is 0 Å². The first-order chi connectivity index (χ1) is 8.22. The molecule has 1 aliphatic rings. The second-order valence-corrected chi connectivity index (χ2v) is 4.20. The summed E-state index contributed by atoms with van der Waals surface area (Å²) >= 11 is 0. The van der Waals surface area contributed by atoms with Crippen molar-refractivity contribution in [3.8, 4) is 5.75 Å². The van der Waals surface area contributed by atoms with Gasteiger partial charge >= 0.3 is 0 Å². The number of benzene rings is 1. The number of nitrogens with zero attached hydrogens (tertiary/aromatic N) is 1. The van der Waals surface area contributed by atoms with Gasteiger partial charge in [-0.1, -0.05) is 6.07 Å². The van der Waals surface area contributed by atoms with E-state index in [1.165, 1.54) is 12.1 Å². The molecule has 0 unspecified atom stereocenters. The van der Waals surface area contributed by atoms with Gasteiger partial charge in [0.1, 0.15) is 0 Å². The summed E-state index contributed by atoms with van der Waals surface area (Å²) in [5.74, 6) is -0.998. The van der Waals surface area contributed by atoms with Gasteiger partial charge < -0.3 is 15.5 Å². The van der Waals surface area contributed by atoms with Crippen molar-refractivity contribution in [2.45, 2.75) is 6.04 Å². The molecular weight excluding hydrogens is 223 g/mol. The second-order valence-electron chi connectivity index (χ2n) is 4.20. The smallest absolute Gasteiger partial charge is 0.165 e. The van der Waals surface area contributed by atoms with E-state index >= 15 is 0 Å². The number of halogens is 1. The Morgan fingerprint density at radius 3 is 2.65 bits per heavy atom. The predicted molar refractivity (Wildman–Crippen MR) is 62.3 cm³/mol. The van der Waals surface area contributed by atoms with Crippen LogP contribution in [0.1, 0.15) is 11.6 Å². The highest BCUT2D eigenvalue weighted by atomic mass is 19.1. The summed E-state index contributed by atoms with van der Waals surface area (Å²) in [6, 6.07) is 4.07. The maximum atomic E-state index is 13.3. The highest BCUT2D eigenvalue weighted by Crippen LogP contribution is 2.25. The molecule has 1 aliphatic heterocycles. The summed E-state index contributed by atoms with van der Waals surface area (Å²) in [6.07, 6.45) is 0. The summed E-state index contributed by atoms with van der Waals surface area (Å²) < 4.78 is 13.3. The molecule has 0 aromatic heterocycles. The van der Waals surface area contributed by atoms with Gasteiger partial charge in [0.15, 0.2) is 11.6 Å². The highest BCUT2D eigenvalue weighted by molar-refractivity contribution is 5.30. The number of nitrogens with one attached hydrogen (secondary N) is 1. The zero-order valence-electron chi connectivity index (χ0n) is 9.56. The maximum absolute atomic E-state index is 13.3. The lowest BCUT2D eigenvalue weighted by Gasteiger charge is -2.34. The van der Waals surface area contributed by atoms with Crippen molar-refractivity contribution in [3.63, 3.8) is 0 Å². The van der Waals surface area contributed by atoms with Gasteiger partial charge in [-0.3, -0.25) is 4.90 Å². The van der Waals surface area contributed by atoms with Gasteiger partial charge in [0.2, 0.25) is 0 Å². The molecule has 1 aromatic carbocycles. The number of piperazine rings is 1. The Hall–Kier alpha value is -1.17. The quantitative estimate of drug-likeness (QED) is 0.719. The van der Waals surface area contributed by atoms with Crippen molar-refractivity contribution in [1.29, 1.82) is 0 Å². The molecule has 1 atom stereocenters. The zero-order chi connectivity index (χ0) is 12.3. The molecule has 1 fully saturated rings. The van der Waals surface area contributed by atoms with Gasteiger partial charge in [0.05, 0.1) is 12.6 Å². The van der Waals surface area contributed by atoms with E-state index in [9.17, 15) is 9.50 Å². The van der Waals surface area contributed by atoms with Gasteiger partial charge in [-0.25, -0.2) is 4.39 Å². The summed E-state index contributed by atoms with van der Waals surface area (Å²) in [7, 11) is 0. The van der Waals surface area contributed by atoms with Crippen molar-refractivity contribution in [2.24, 2.45) is 0 Å². The molecule has 1 heterocycles.